The van der Waals surface area contributed by atoms with Crippen LogP contribution in [0.4, 0.5) is 0 Å². The lowest BCUT2D eigenvalue weighted by Crippen LogP contribution is -2.15. The van der Waals surface area contributed by atoms with Crippen LogP contribution >= 0.6 is 12.4 Å². The van der Waals surface area contributed by atoms with Crippen molar-refractivity contribution in [1.29, 1.82) is 0 Å². The van der Waals surface area contributed by atoms with Crippen molar-refractivity contribution in [3.63, 3.8) is 0 Å². The van der Waals surface area contributed by atoms with Crippen molar-refractivity contribution < 1.29 is 14.9 Å². The van der Waals surface area contributed by atoms with Crippen molar-refractivity contribution in [3.8, 4) is 11.5 Å². The van der Waals surface area contributed by atoms with Crippen molar-refractivity contribution in [1.82, 2.24) is 0 Å². The number of nitrogens with two attached hydrogens (primary N) is 1. The summed E-state index contributed by atoms with van der Waals surface area (Å²) in [7, 11) is 1.48. The Labute approximate surface area is 95.1 Å². The van der Waals surface area contributed by atoms with Gasteiger partial charge in [-0.1, -0.05) is 6.07 Å². The molecule has 1 atom stereocenters. The third-order valence-electron chi connectivity index (χ3n) is 2.18. The number of halogens is 1. The molecule has 0 fully saturated rings. The zero-order valence-corrected chi connectivity index (χ0v) is 9.33. The predicted molar refractivity (Wildman–Crippen MR) is 60.8 cm³/mol. The van der Waals surface area contributed by atoms with Crippen molar-refractivity contribution in [2.45, 2.75) is 5.92 Å². The highest BCUT2D eigenvalue weighted by Crippen LogP contribution is 2.29. The number of phenols is 1. The lowest BCUT2D eigenvalue weighted by Gasteiger charge is -2.13. The molecule has 1 aromatic carbocycles. The van der Waals surface area contributed by atoms with Crippen LogP contribution < -0.4 is 10.5 Å². The smallest absolute Gasteiger partial charge is 0.160 e. The van der Waals surface area contributed by atoms with E-state index < -0.39 is 0 Å². The van der Waals surface area contributed by atoms with Crippen molar-refractivity contribution >= 4 is 12.4 Å². The number of ether oxygens (including phenoxy) is 1. The van der Waals surface area contributed by atoms with E-state index in [0.29, 0.717) is 12.3 Å². The first-order valence-corrected chi connectivity index (χ1v) is 4.40. The third kappa shape index (κ3) is 3.27. The summed E-state index contributed by atoms with van der Waals surface area (Å²) in [5, 5.41) is 18.4. The molecule has 0 radical (unpaired) electrons. The van der Waals surface area contributed by atoms with Gasteiger partial charge in [0.05, 0.1) is 13.7 Å². The zero-order valence-electron chi connectivity index (χ0n) is 8.51. The summed E-state index contributed by atoms with van der Waals surface area (Å²) in [6.45, 7) is 0.356. The van der Waals surface area contributed by atoms with Crippen LogP contribution in [-0.2, 0) is 0 Å². The molecule has 4 nitrogen and oxygen atoms in total. The predicted octanol–water partition coefficient (Wildman–Crippen LogP) is 0.857. The second-order valence-electron chi connectivity index (χ2n) is 3.05. The molecule has 86 valence electrons. The van der Waals surface area contributed by atoms with Crippen molar-refractivity contribution in [2.75, 3.05) is 20.3 Å². The number of phenolic OH excluding ortho intramolecular Hbond substituents is 1. The Balaban J connectivity index is 0.00000196. The lowest BCUT2D eigenvalue weighted by molar-refractivity contribution is 0.267. The lowest BCUT2D eigenvalue weighted by atomic mass is 10.00. The summed E-state index contributed by atoms with van der Waals surface area (Å²) in [6, 6.07) is 4.95. The summed E-state index contributed by atoms with van der Waals surface area (Å²) >= 11 is 0. The largest absolute Gasteiger partial charge is 0.504 e. The Morgan fingerprint density at radius 2 is 2.13 bits per heavy atom. The van der Waals surface area contributed by atoms with Gasteiger partial charge in [0, 0.05) is 12.5 Å². The summed E-state index contributed by atoms with van der Waals surface area (Å²) in [5.74, 6) is 0.379. The van der Waals surface area contributed by atoms with Gasteiger partial charge in [-0.25, -0.2) is 0 Å². The van der Waals surface area contributed by atoms with E-state index in [2.05, 4.69) is 0 Å². The highest BCUT2D eigenvalue weighted by atomic mass is 35.5. The number of methoxy groups -OCH3 is 1. The molecule has 15 heavy (non-hydrogen) atoms. The minimum absolute atomic E-state index is 0. The second-order valence-corrected chi connectivity index (χ2v) is 3.05. The van der Waals surface area contributed by atoms with Gasteiger partial charge >= 0.3 is 0 Å². The fourth-order valence-electron chi connectivity index (χ4n) is 1.26. The Bertz CT molecular complexity index is 303. The standard InChI is InChI=1S/C10H15NO3.ClH/c1-14-10-4-7(2-3-9(10)13)8(5-11)6-12;/h2-4,8,12-13H,5-6,11H2,1H3;1H. The molecule has 0 aromatic heterocycles. The molecule has 0 aliphatic rings. The molecule has 0 bridgehead atoms. The SMILES string of the molecule is COc1cc(C(CN)CO)ccc1O.Cl. The molecule has 1 rings (SSSR count). The molecular formula is C10H16ClNO3. The van der Waals surface area contributed by atoms with Gasteiger partial charge in [0.25, 0.3) is 0 Å². The van der Waals surface area contributed by atoms with Crippen molar-refractivity contribution in [3.05, 3.63) is 23.8 Å². The maximum atomic E-state index is 9.34. The molecule has 0 aliphatic heterocycles. The summed E-state index contributed by atoms with van der Waals surface area (Å²) in [4.78, 5) is 0. The number of rotatable bonds is 4. The van der Waals surface area contributed by atoms with Gasteiger partial charge in [-0.15, -0.1) is 12.4 Å². The molecule has 5 heteroatoms. The molecule has 0 amide bonds. The van der Waals surface area contributed by atoms with Gasteiger partial charge in [0.15, 0.2) is 11.5 Å². The van der Waals surface area contributed by atoms with Crippen LogP contribution in [0, 0.1) is 0 Å². The molecule has 0 heterocycles. The number of hydrogen-bond acceptors (Lipinski definition) is 4. The third-order valence-corrected chi connectivity index (χ3v) is 2.18. The first kappa shape index (κ1) is 14.0. The van der Waals surface area contributed by atoms with Gasteiger partial charge in [-0.2, -0.15) is 0 Å². The van der Waals surface area contributed by atoms with Gasteiger partial charge in [-0.05, 0) is 17.7 Å². The van der Waals surface area contributed by atoms with Gasteiger partial charge in [-0.3, -0.25) is 0 Å². The molecule has 0 spiro atoms. The van der Waals surface area contributed by atoms with Gasteiger partial charge in [0.1, 0.15) is 0 Å². The quantitative estimate of drug-likeness (QED) is 0.721. The molecule has 0 saturated heterocycles. The van der Waals surface area contributed by atoms with E-state index >= 15 is 0 Å². The van der Waals surface area contributed by atoms with E-state index in [4.69, 9.17) is 15.6 Å². The fourth-order valence-corrected chi connectivity index (χ4v) is 1.26. The number of hydrogen-bond donors (Lipinski definition) is 3. The summed E-state index contributed by atoms with van der Waals surface area (Å²) in [6.07, 6.45) is 0. The summed E-state index contributed by atoms with van der Waals surface area (Å²) in [5.41, 5.74) is 6.35. The minimum atomic E-state index is -0.107. The van der Waals surface area contributed by atoms with Crippen LogP contribution in [0.15, 0.2) is 18.2 Å². The van der Waals surface area contributed by atoms with Crippen molar-refractivity contribution in [2.24, 2.45) is 5.73 Å². The van der Waals surface area contributed by atoms with Gasteiger partial charge in [0.2, 0.25) is 0 Å². The van der Waals surface area contributed by atoms with Crippen LogP contribution in [0.1, 0.15) is 11.5 Å². The van der Waals surface area contributed by atoms with Crippen LogP contribution in [-0.4, -0.2) is 30.5 Å². The van der Waals surface area contributed by atoms with Crippen LogP contribution in [0.5, 0.6) is 11.5 Å². The average molecular weight is 234 g/mol. The Kier molecular flexibility index (Phi) is 6.08. The van der Waals surface area contributed by atoms with Crippen LogP contribution in [0.2, 0.25) is 0 Å². The Morgan fingerprint density at radius 1 is 1.47 bits per heavy atom. The highest BCUT2D eigenvalue weighted by Gasteiger charge is 2.10. The summed E-state index contributed by atoms with van der Waals surface area (Å²) < 4.78 is 4.95. The number of aliphatic hydroxyl groups is 1. The highest BCUT2D eigenvalue weighted by molar-refractivity contribution is 5.85. The van der Waals surface area contributed by atoms with Gasteiger partial charge < -0.3 is 20.7 Å². The monoisotopic (exact) mass is 233 g/mol. The normalized spacial score (nSPS) is 11.7. The van der Waals surface area contributed by atoms with E-state index in [1.54, 1.807) is 12.1 Å². The van der Waals surface area contributed by atoms with E-state index in [0.717, 1.165) is 5.56 Å². The molecule has 1 unspecified atom stereocenters. The molecule has 0 aliphatic carbocycles. The first-order valence-electron chi connectivity index (χ1n) is 4.40. The van der Waals surface area contributed by atoms with E-state index in [-0.39, 0.29) is 30.7 Å². The molecule has 0 saturated carbocycles. The molecular weight excluding hydrogens is 218 g/mol. The van der Waals surface area contributed by atoms with Crippen LogP contribution in [0.25, 0.3) is 0 Å². The molecule has 1 aromatic rings. The maximum Gasteiger partial charge on any atom is 0.160 e. The maximum absolute atomic E-state index is 9.34. The Morgan fingerprint density at radius 3 is 2.60 bits per heavy atom. The van der Waals surface area contributed by atoms with E-state index in [1.165, 1.54) is 13.2 Å². The number of benzene rings is 1. The molecule has 4 N–H and O–H groups in total. The number of aliphatic hydroxyl groups excluding tert-OH is 1. The zero-order chi connectivity index (χ0) is 10.6. The fraction of sp³-hybridized carbons (Fsp3) is 0.400. The average Bonchev–Trinajstić information content (AvgIpc) is 2.22. The van der Waals surface area contributed by atoms with E-state index in [9.17, 15) is 5.11 Å². The first-order chi connectivity index (χ1) is 6.72. The topological polar surface area (TPSA) is 75.7 Å². The second kappa shape index (κ2) is 6.50. The Hall–Kier alpha value is -0.970. The van der Waals surface area contributed by atoms with Crippen LogP contribution in [0.3, 0.4) is 0 Å². The minimum Gasteiger partial charge on any atom is -0.504 e. The van der Waals surface area contributed by atoms with E-state index in [1.807, 2.05) is 0 Å². The number of aromatic hydroxyl groups is 1.